The Morgan fingerprint density at radius 3 is 2.50 bits per heavy atom. The molecule has 1 aromatic carbocycles. The molecule has 1 rings (SSSR count). The molecule has 1 aromatic rings. The summed E-state index contributed by atoms with van der Waals surface area (Å²) in [6, 6.07) is 7.65. The topological polar surface area (TPSA) is 64.3 Å². The monoisotopic (exact) mass is 272 g/mol. The van der Waals surface area contributed by atoms with E-state index >= 15 is 0 Å². The molecule has 3 N–H and O–H groups in total. The van der Waals surface area contributed by atoms with Crippen LogP contribution in [0.15, 0.2) is 24.3 Å². The molecular weight excluding hydrogens is 252 g/mol. The number of nitrogens with one attached hydrogen (secondary N) is 1. The van der Waals surface area contributed by atoms with Crippen LogP contribution in [0.1, 0.15) is 19.4 Å². The number of rotatable bonds is 6. The van der Waals surface area contributed by atoms with Gasteiger partial charge < -0.3 is 15.8 Å². The summed E-state index contributed by atoms with van der Waals surface area (Å²) in [4.78, 5) is 11.3. The third-order valence-corrected chi connectivity index (χ3v) is 2.26. The van der Waals surface area contributed by atoms with Crippen LogP contribution in [-0.4, -0.2) is 25.2 Å². The molecule has 1 amide bonds. The number of benzene rings is 1. The molecule has 18 heavy (non-hydrogen) atoms. The van der Waals surface area contributed by atoms with Crippen molar-refractivity contribution in [2.24, 2.45) is 0 Å². The average molecular weight is 273 g/mol. The minimum Gasteiger partial charge on any atom is -0.399 e. The van der Waals surface area contributed by atoms with Crippen molar-refractivity contribution in [3.05, 3.63) is 29.8 Å². The van der Waals surface area contributed by atoms with Gasteiger partial charge in [-0.3, -0.25) is 4.79 Å². The molecule has 4 nitrogen and oxygen atoms in total. The molecule has 0 aromatic heterocycles. The van der Waals surface area contributed by atoms with Gasteiger partial charge in [-0.2, -0.15) is 0 Å². The second kappa shape index (κ2) is 8.78. The molecule has 0 bridgehead atoms. The van der Waals surface area contributed by atoms with Crippen LogP contribution in [0.5, 0.6) is 0 Å². The van der Waals surface area contributed by atoms with E-state index < -0.39 is 0 Å². The lowest BCUT2D eigenvalue weighted by Crippen LogP contribution is -2.30. The highest BCUT2D eigenvalue weighted by Gasteiger charge is 2.02. The fourth-order valence-electron chi connectivity index (χ4n) is 1.32. The Hall–Kier alpha value is -1.26. The molecule has 0 aliphatic rings. The Morgan fingerprint density at radius 1 is 1.33 bits per heavy atom. The fraction of sp³-hybridized carbons (Fsp3) is 0.462. The average Bonchev–Trinajstić information content (AvgIpc) is 2.29. The van der Waals surface area contributed by atoms with Gasteiger partial charge >= 0.3 is 0 Å². The van der Waals surface area contributed by atoms with Gasteiger partial charge in [0, 0.05) is 12.2 Å². The SMILES string of the molecule is CC(C)OCC(=O)NCCc1ccc(N)cc1.Cl. The first kappa shape index (κ1) is 16.7. The lowest BCUT2D eigenvalue weighted by Gasteiger charge is -2.08. The number of carbonyl (C=O) groups is 1. The largest absolute Gasteiger partial charge is 0.399 e. The zero-order valence-corrected chi connectivity index (χ0v) is 11.6. The van der Waals surface area contributed by atoms with E-state index in [1.807, 2.05) is 38.1 Å². The maximum Gasteiger partial charge on any atom is 0.246 e. The number of carbonyl (C=O) groups excluding carboxylic acids is 1. The Bertz CT molecular complexity index is 353. The highest BCUT2D eigenvalue weighted by Crippen LogP contribution is 2.05. The van der Waals surface area contributed by atoms with Crippen LogP contribution in [-0.2, 0) is 16.0 Å². The van der Waals surface area contributed by atoms with Gasteiger partial charge in [0.15, 0.2) is 0 Å². The summed E-state index contributed by atoms with van der Waals surface area (Å²) >= 11 is 0. The highest BCUT2D eigenvalue weighted by atomic mass is 35.5. The zero-order valence-electron chi connectivity index (χ0n) is 10.8. The Morgan fingerprint density at radius 2 is 1.94 bits per heavy atom. The van der Waals surface area contributed by atoms with Crippen molar-refractivity contribution in [3.63, 3.8) is 0 Å². The number of hydrogen-bond donors (Lipinski definition) is 2. The van der Waals surface area contributed by atoms with E-state index in [1.54, 1.807) is 0 Å². The molecule has 0 atom stereocenters. The van der Waals surface area contributed by atoms with Crippen molar-refractivity contribution in [2.45, 2.75) is 26.4 Å². The van der Waals surface area contributed by atoms with E-state index in [-0.39, 0.29) is 31.0 Å². The highest BCUT2D eigenvalue weighted by molar-refractivity contribution is 5.85. The first-order chi connectivity index (χ1) is 8.08. The predicted molar refractivity (Wildman–Crippen MR) is 75.9 cm³/mol. The number of amides is 1. The molecule has 0 aliphatic carbocycles. The molecule has 0 spiro atoms. The Kier molecular flexibility index (Phi) is 8.16. The molecule has 0 fully saturated rings. The summed E-state index contributed by atoms with van der Waals surface area (Å²) in [7, 11) is 0. The molecule has 0 unspecified atom stereocenters. The molecule has 0 saturated carbocycles. The minimum absolute atomic E-state index is 0. The lowest BCUT2D eigenvalue weighted by molar-refractivity contribution is -0.127. The molecule has 102 valence electrons. The van der Waals surface area contributed by atoms with Gasteiger partial charge in [0.2, 0.25) is 5.91 Å². The van der Waals surface area contributed by atoms with Crippen molar-refractivity contribution in [2.75, 3.05) is 18.9 Å². The first-order valence-corrected chi connectivity index (χ1v) is 5.80. The molecule has 0 radical (unpaired) electrons. The minimum atomic E-state index is -0.0749. The molecule has 0 saturated heterocycles. The van der Waals surface area contributed by atoms with E-state index in [2.05, 4.69) is 5.32 Å². The van der Waals surface area contributed by atoms with Gasteiger partial charge in [-0.15, -0.1) is 12.4 Å². The summed E-state index contributed by atoms with van der Waals surface area (Å²) in [5.41, 5.74) is 7.49. The zero-order chi connectivity index (χ0) is 12.7. The van der Waals surface area contributed by atoms with Crippen molar-refractivity contribution in [1.29, 1.82) is 0 Å². The van der Waals surface area contributed by atoms with Crippen molar-refractivity contribution in [1.82, 2.24) is 5.32 Å². The van der Waals surface area contributed by atoms with Crippen LogP contribution in [0.25, 0.3) is 0 Å². The number of hydrogen-bond acceptors (Lipinski definition) is 3. The maximum absolute atomic E-state index is 11.3. The van der Waals surface area contributed by atoms with Gasteiger partial charge in [-0.05, 0) is 38.0 Å². The summed E-state index contributed by atoms with van der Waals surface area (Å²) < 4.78 is 5.19. The normalized spacial score (nSPS) is 9.94. The number of nitrogens with two attached hydrogens (primary N) is 1. The summed E-state index contributed by atoms with van der Waals surface area (Å²) in [5, 5.41) is 2.81. The quantitative estimate of drug-likeness (QED) is 0.776. The van der Waals surface area contributed by atoms with Gasteiger partial charge in [0.1, 0.15) is 6.61 Å². The standard InChI is InChI=1S/C13H20N2O2.ClH/c1-10(2)17-9-13(16)15-8-7-11-3-5-12(14)6-4-11;/h3-6,10H,7-9,14H2,1-2H3,(H,15,16);1H. The van der Waals surface area contributed by atoms with E-state index in [1.165, 1.54) is 0 Å². The van der Waals surface area contributed by atoms with Gasteiger partial charge in [0.05, 0.1) is 6.10 Å². The number of anilines is 1. The van der Waals surface area contributed by atoms with E-state index in [0.717, 1.165) is 17.7 Å². The van der Waals surface area contributed by atoms with Crippen LogP contribution in [0, 0.1) is 0 Å². The number of ether oxygens (including phenoxy) is 1. The van der Waals surface area contributed by atoms with Crippen LogP contribution in [0.4, 0.5) is 5.69 Å². The third-order valence-electron chi connectivity index (χ3n) is 2.26. The maximum atomic E-state index is 11.3. The van der Waals surface area contributed by atoms with E-state index in [9.17, 15) is 4.79 Å². The van der Waals surface area contributed by atoms with Crippen LogP contribution in [0.2, 0.25) is 0 Å². The summed E-state index contributed by atoms with van der Waals surface area (Å²) in [6.45, 7) is 4.55. The van der Waals surface area contributed by atoms with Crippen molar-refractivity contribution >= 4 is 24.0 Å². The first-order valence-electron chi connectivity index (χ1n) is 5.80. The number of nitrogen functional groups attached to an aromatic ring is 1. The smallest absolute Gasteiger partial charge is 0.246 e. The summed E-state index contributed by atoms with van der Waals surface area (Å²) in [5.74, 6) is -0.0749. The molecule has 0 aliphatic heterocycles. The molecular formula is C13H21ClN2O2. The second-order valence-corrected chi connectivity index (χ2v) is 4.20. The van der Waals surface area contributed by atoms with Crippen molar-refractivity contribution in [3.8, 4) is 0 Å². The predicted octanol–water partition coefficient (Wildman–Crippen LogP) is 1.77. The van der Waals surface area contributed by atoms with Crippen LogP contribution in [0.3, 0.4) is 0 Å². The molecule has 5 heteroatoms. The van der Waals surface area contributed by atoms with Crippen molar-refractivity contribution < 1.29 is 9.53 Å². The fourth-order valence-corrected chi connectivity index (χ4v) is 1.32. The Labute approximate surface area is 114 Å². The van der Waals surface area contributed by atoms with Crippen LogP contribution >= 0.6 is 12.4 Å². The van der Waals surface area contributed by atoms with Crippen LogP contribution < -0.4 is 11.1 Å². The second-order valence-electron chi connectivity index (χ2n) is 4.20. The van der Waals surface area contributed by atoms with Gasteiger partial charge in [-0.1, -0.05) is 12.1 Å². The summed E-state index contributed by atoms with van der Waals surface area (Å²) in [6.07, 6.45) is 0.881. The third kappa shape index (κ3) is 7.14. The number of halogens is 1. The van der Waals surface area contributed by atoms with E-state index in [4.69, 9.17) is 10.5 Å². The lowest BCUT2D eigenvalue weighted by atomic mass is 10.1. The van der Waals surface area contributed by atoms with Gasteiger partial charge in [-0.25, -0.2) is 0 Å². The Balaban J connectivity index is 0.00000289. The molecule has 0 heterocycles. The van der Waals surface area contributed by atoms with E-state index in [0.29, 0.717) is 6.54 Å². The van der Waals surface area contributed by atoms with Gasteiger partial charge in [0.25, 0.3) is 0 Å².